The summed E-state index contributed by atoms with van der Waals surface area (Å²) in [5, 5.41) is 4.95. The van der Waals surface area contributed by atoms with E-state index in [1.165, 1.54) is 30.0 Å². The number of carbonyl (C=O) groups excluding carboxylic acids is 2. The zero-order valence-electron chi connectivity index (χ0n) is 15.8. The van der Waals surface area contributed by atoms with Crippen LogP contribution in [-0.2, 0) is 9.53 Å². The monoisotopic (exact) mass is 408 g/mol. The first-order chi connectivity index (χ1) is 13.1. The van der Waals surface area contributed by atoms with Crippen molar-refractivity contribution in [2.24, 2.45) is 0 Å². The molecule has 2 aromatic carbocycles. The van der Waals surface area contributed by atoms with Gasteiger partial charge in [0.1, 0.15) is 17.2 Å². The predicted molar refractivity (Wildman–Crippen MR) is 107 cm³/mol. The molecule has 0 heterocycles. The number of halogens is 2. The summed E-state index contributed by atoms with van der Waals surface area (Å²) in [5.41, 5.74) is -0.497. The van der Waals surface area contributed by atoms with E-state index in [-0.39, 0.29) is 23.8 Å². The minimum atomic E-state index is -0.795. The van der Waals surface area contributed by atoms with Crippen LogP contribution in [0, 0.1) is 11.6 Å². The number of nitrogens with one attached hydrogen (secondary N) is 2. The van der Waals surface area contributed by atoms with Crippen LogP contribution >= 0.6 is 11.8 Å². The molecule has 2 amide bonds. The van der Waals surface area contributed by atoms with Crippen LogP contribution in [0.15, 0.2) is 47.4 Å². The minimum Gasteiger partial charge on any atom is -0.444 e. The van der Waals surface area contributed by atoms with E-state index in [4.69, 9.17) is 4.74 Å². The van der Waals surface area contributed by atoms with Gasteiger partial charge in [-0.3, -0.25) is 10.1 Å². The Morgan fingerprint density at radius 3 is 2.43 bits per heavy atom. The molecule has 2 aromatic rings. The molecule has 150 valence electrons. The van der Waals surface area contributed by atoms with Crippen molar-refractivity contribution >= 4 is 35.1 Å². The van der Waals surface area contributed by atoms with Gasteiger partial charge in [0, 0.05) is 22.8 Å². The number of anilines is 2. The number of hydrogen-bond acceptors (Lipinski definition) is 4. The molecule has 0 fully saturated rings. The van der Waals surface area contributed by atoms with Gasteiger partial charge in [-0.2, -0.15) is 0 Å². The molecule has 0 aliphatic heterocycles. The maximum atomic E-state index is 13.9. The van der Waals surface area contributed by atoms with Crippen molar-refractivity contribution in [2.75, 3.05) is 16.4 Å². The minimum absolute atomic E-state index is 0.104. The Hall–Kier alpha value is -2.61. The van der Waals surface area contributed by atoms with Crippen molar-refractivity contribution in [2.45, 2.75) is 37.7 Å². The summed E-state index contributed by atoms with van der Waals surface area (Å²) in [6.07, 6.45) is -0.651. The van der Waals surface area contributed by atoms with Gasteiger partial charge in [0.15, 0.2) is 0 Å². The molecule has 0 radical (unpaired) electrons. The second-order valence-electron chi connectivity index (χ2n) is 6.90. The van der Waals surface area contributed by atoms with Crippen molar-refractivity contribution in [3.05, 3.63) is 54.1 Å². The zero-order chi connectivity index (χ0) is 20.7. The molecule has 5 nitrogen and oxygen atoms in total. The number of ether oxygens (including phenoxy) is 1. The maximum Gasteiger partial charge on any atom is 0.412 e. The average molecular weight is 408 g/mol. The molecule has 0 saturated carbocycles. The molecule has 28 heavy (non-hydrogen) atoms. The molecule has 0 bridgehead atoms. The lowest BCUT2D eigenvalue weighted by molar-refractivity contribution is -0.115. The molecular formula is C20H22F2N2O3S. The molecule has 0 spiro atoms. The standard InChI is InChI=1S/C20H22F2N2O3S/c1-20(2,3)27-19(26)24-16-12-13(8-9-14(16)21)23-18(25)10-11-28-17-7-5-4-6-15(17)22/h4-9,12H,10-11H2,1-3H3,(H,23,25)(H,24,26). The Bertz CT molecular complexity index is 854. The van der Waals surface area contributed by atoms with E-state index in [0.717, 1.165) is 6.07 Å². The third-order valence-corrected chi connectivity index (χ3v) is 4.36. The van der Waals surface area contributed by atoms with E-state index in [1.54, 1.807) is 39.0 Å². The van der Waals surface area contributed by atoms with Crippen LogP contribution in [-0.4, -0.2) is 23.4 Å². The van der Waals surface area contributed by atoms with E-state index < -0.39 is 17.5 Å². The Morgan fingerprint density at radius 1 is 1.04 bits per heavy atom. The Labute approximate surface area is 166 Å². The number of benzene rings is 2. The molecule has 0 saturated heterocycles. The van der Waals surface area contributed by atoms with E-state index >= 15 is 0 Å². The highest BCUT2D eigenvalue weighted by atomic mass is 32.2. The van der Waals surface area contributed by atoms with Crippen LogP contribution in [0.4, 0.5) is 25.0 Å². The van der Waals surface area contributed by atoms with Crippen LogP contribution < -0.4 is 10.6 Å². The molecule has 0 unspecified atom stereocenters. The summed E-state index contributed by atoms with van der Waals surface area (Å²) in [6, 6.07) is 10.2. The highest BCUT2D eigenvalue weighted by Gasteiger charge is 2.17. The SMILES string of the molecule is CC(C)(C)OC(=O)Nc1cc(NC(=O)CCSc2ccccc2F)ccc1F. The first kappa shape index (κ1) is 21.7. The zero-order valence-corrected chi connectivity index (χ0v) is 16.7. The van der Waals surface area contributed by atoms with Crippen molar-refractivity contribution in [1.29, 1.82) is 0 Å². The first-order valence-corrected chi connectivity index (χ1v) is 9.59. The summed E-state index contributed by atoms with van der Waals surface area (Å²) in [4.78, 5) is 24.3. The van der Waals surface area contributed by atoms with Gasteiger partial charge in [-0.15, -0.1) is 11.8 Å². The second kappa shape index (κ2) is 9.54. The topological polar surface area (TPSA) is 67.4 Å². The van der Waals surface area contributed by atoms with E-state index in [9.17, 15) is 18.4 Å². The highest BCUT2D eigenvalue weighted by molar-refractivity contribution is 7.99. The Morgan fingerprint density at radius 2 is 1.75 bits per heavy atom. The van der Waals surface area contributed by atoms with Gasteiger partial charge >= 0.3 is 6.09 Å². The molecule has 0 aromatic heterocycles. The fourth-order valence-corrected chi connectivity index (χ4v) is 3.04. The first-order valence-electron chi connectivity index (χ1n) is 8.61. The fraction of sp³-hybridized carbons (Fsp3) is 0.300. The number of thioether (sulfide) groups is 1. The van der Waals surface area contributed by atoms with Gasteiger partial charge in [-0.05, 0) is 51.1 Å². The largest absolute Gasteiger partial charge is 0.444 e. The molecule has 0 atom stereocenters. The lowest BCUT2D eigenvalue weighted by Crippen LogP contribution is -2.27. The third-order valence-electron chi connectivity index (χ3n) is 3.31. The van der Waals surface area contributed by atoms with Gasteiger partial charge in [-0.1, -0.05) is 12.1 Å². The van der Waals surface area contributed by atoms with Crippen LogP contribution in [0.3, 0.4) is 0 Å². The van der Waals surface area contributed by atoms with Crippen LogP contribution in [0.2, 0.25) is 0 Å². The van der Waals surface area contributed by atoms with Gasteiger partial charge < -0.3 is 10.1 Å². The van der Waals surface area contributed by atoms with E-state index in [1.807, 2.05) is 0 Å². The lowest BCUT2D eigenvalue weighted by Gasteiger charge is -2.20. The van der Waals surface area contributed by atoms with Gasteiger partial charge in [0.05, 0.1) is 5.69 Å². The number of carbonyl (C=O) groups is 2. The molecule has 0 aliphatic rings. The quantitative estimate of drug-likeness (QED) is 0.625. The van der Waals surface area contributed by atoms with Crippen LogP contribution in [0.5, 0.6) is 0 Å². The van der Waals surface area contributed by atoms with E-state index in [2.05, 4.69) is 10.6 Å². The summed E-state index contributed by atoms with van der Waals surface area (Å²) >= 11 is 1.24. The van der Waals surface area contributed by atoms with Crippen LogP contribution in [0.1, 0.15) is 27.2 Å². The van der Waals surface area contributed by atoms with Crippen LogP contribution in [0.25, 0.3) is 0 Å². The van der Waals surface area contributed by atoms with Gasteiger partial charge in [-0.25, -0.2) is 13.6 Å². The summed E-state index contributed by atoms with van der Waals surface area (Å²) in [6.45, 7) is 5.08. The van der Waals surface area contributed by atoms with Crippen molar-refractivity contribution in [3.8, 4) is 0 Å². The summed E-state index contributed by atoms with van der Waals surface area (Å²) < 4.78 is 32.5. The number of hydrogen-bond donors (Lipinski definition) is 2. The average Bonchev–Trinajstić information content (AvgIpc) is 2.58. The summed E-state index contributed by atoms with van der Waals surface area (Å²) in [7, 11) is 0. The Kier molecular flexibility index (Phi) is 7.39. The van der Waals surface area contributed by atoms with Gasteiger partial charge in [0.2, 0.25) is 5.91 Å². The van der Waals surface area contributed by atoms with E-state index in [0.29, 0.717) is 16.3 Å². The lowest BCUT2D eigenvalue weighted by atomic mass is 10.2. The number of amides is 2. The molecule has 8 heteroatoms. The highest BCUT2D eigenvalue weighted by Crippen LogP contribution is 2.23. The van der Waals surface area contributed by atoms with Gasteiger partial charge in [0.25, 0.3) is 0 Å². The summed E-state index contributed by atoms with van der Waals surface area (Å²) in [5.74, 6) is -0.904. The second-order valence-corrected chi connectivity index (χ2v) is 8.04. The molecule has 0 aliphatic carbocycles. The molecular weight excluding hydrogens is 386 g/mol. The van der Waals surface area contributed by atoms with Crippen molar-refractivity contribution < 1.29 is 23.1 Å². The fourth-order valence-electron chi connectivity index (χ4n) is 2.15. The van der Waals surface area contributed by atoms with Crippen molar-refractivity contribution in [1.82, 2.24) is 0 Å². The Balaban J connectivity index is 1.90. The molecule has 2 rings (SSSR count). The third kappa shape index (κ3) is 7.19. The number of rotatable bonds is 6. The maximum absolute atomic E-state index is 13.9. The van der Waals surface area contributed by atoms with Crippen molar-refractivity contribution in [3.63, 3.8) is 0 Å². The smallest absolute Gasteiger partial charge is 0.412 e. The molecule has 2 N–H and O–H groups in total. The predicted octanol–water partition coefficient (Wildman–Crippen LogP) is 5.43. The normalized spacial score (nSPS) is 11.0.